The molecule has 3 N–H and O–H groups in total. The molecule has 1 aromatic carbocycles. The maximum atomic E-state index is 2.76. The van der Waals surface area contributed by atoms with E-state index >= 15 is 0 Å². The van der Waals surface area contributed by atoms with Crippen molar-refractivity contribution in [1.29, 1.82) is 0 Å². The molecule has 1 aromatic rings. The van der Waals surface area contributed by atoms with Crippen molar-refractivity contribution in [2.24, 2.45) is 0 Å². The second kappa shape index (κ2) is 8.69. The first kappa shape index (κ1) is 16.0. The Morgan fingerprint density at radius 3 is 2.14 bits per heavy atom. The largest absolute Gasteiger partial charge is 0.341 e. The number of hydrogen-bond acceptors (Lipinski definition) is 0. The highest BCUT2D eigenvalue weighted by Crippen LogP contribution is 2.15. The van der Waals surface area contributed by atoms with Gasteiger partial charge in [0.1, 0.15) is 0 Å². The van der Waals surface area contributed by atoms with Gasteiger partial charge in [-0.1, -0.05) is 43.2 Å². The number of hydrogen-bond donors (Lipinski definition) is 2. The summed E-state index contributed by atoms with van der Waals surface area (Å²) in [4.78, 5) is 1.83. The molecule has 1 saturated carbocycles. The molecule has 0 atom stereocenters. The highest BCUT2D eigenvalue weighted by atomic mass is 15.1. The van der Waals surface area contributed by atoms with Crippen LogP contribution in [-0.2, 0) is 6.42 Å². The van der Waals surface area contributed by atoms with Gasteiger partial charge in [-0.2, -0.15) is 0 Å². The number of quaternary nitrogens is 2. The molecule has 1 aliphatic heterocycles. The standard InChI is InChI=1S/C20H32N2/c1-2-7-11-19(10-6-1)21-20-13-16-22(17-14-20)15-12-18-8-4-3-5-9-18/h3-5,8-9,19-21H,1-2,6-7,10-17H2/p+2. The zero-order valence-electron chi connectivity index (χ0n) is 14.1. The van der Waals surface area contributed by atoms with E-state index in [9.17, 15) is 0 Å². The molecule has 2 aliphatic rings. The Balaban J connectivity index is 1.35. The first-order valence-corrected chi connectivity index (χ1v) is 9.62. The van der Waals surface area contributed by atoms with Crippen LogP contribution in [0.2, 0.25) is 0 Å². The van der Waals surface area contributed by atoms with Crippen LogP contribution in [0.25, 0.3) is 0 Å². The summed E-state index contributed by atoms with van der Waals surface area (Å²) in [7, 11) is 0. The first-order valence-electron chi connectivity index (χ1n) is 9.62. The summed E-state index contributed by atoms with van der Waals surface area (Å²) in [6, 6.07) is 12.8. The molecule has 0 spiro atoms. The third-order valence-corrected chi connectivity index (χ3v) is 5.79. The van der Waals surface area contributed by atoms with Crippen LogP contribution in [0.3, 0.4) is 0 Å². The van der Waals surface area contributed by atoms with Crippen molar-refractivity contribution in [3.63, 3.8) is 0 Å². The van der Waals surface area contributed by atoms with Crippen molar-refractivity contribution < 1.29 is 10.2 Å². The van der Waals surface area contributed by atoms with E-state index in [1.165, 1.54) is 83.0 Å². The minimum absolute atomic E-state index is 0.920. The summed E-state index contributed by atoms with van der Waals surface area (Å²) in [6.45, 7) is 4.10. The number of rotatable bonds is 5. The van der Waals surface area contributed by atoms with Crippen LogP contribution < -0.4 is 10.2 Å². The fourth-order valence-electron chi connectivity index (χ4n) is 4.34. The molecule has 0 unspecified atom stereocenters. The maximum absolute atomic E-state index is 2.76. The molecule has 1 aliphatic carbocycles. The van der Waals surface area contributed by atoms with Crippen molar-refractivity contribution >= 4 is 0 Å². The molecule has 0 aromatic heterocycles. The van der Waals surface area contributed by atoms with Gasteiger partial charge >= 0.3 is 0 Å². The quantitative estimate of drug-likeness (QED) is 0.771. The van der Waals surface area contributed by atoms with Crippen molar-refractivity contribution in [2.45, 2.75) is 69.9 Å². The van der Waals surface area contributed by atoms with E-state index < -0.39 is 0 Å². The molecule has 1 heterocycles. The van der Waals surface area contributed by atoms with E-state index in [2.05, 4.69) is 35.6 Å². The van der Waals surface area contributed by atoms with Crippen LogP contribution in [0.1, 0.15) is 56.9 Å². The van der Waals surface area contributed by atoms with Crippen LogP contribution in [0.4, 0.5) is 0 Å². The summed E-state index contributed by atoms with van der Waals surface area (Å²) in [5, 5.41) is 2.76. The summed E-state index contributed by atoms with van der Waals surface area (Å²) in [5.41, 5.74) is 1.50. The summed E-state index contributed by atoms with van der Waals surface area (Å²) >= 11 is 0. The van der Waals surface area contributed by atoms with Crippen molar-refractivity contribution in [2.75, 3.05) is 19.6 Å². The lowest BCUT2D eigenvalue weighted by Crippen LogP contribution is -3.15. The minimum Gasteiger partial charge on any atom is -0.341 e. The van der Waals surface area contributed by atoms with Gasteiger partial charge in [0, 0.05) is 19.3 Å². The Kier molecular flexibility index (Phi) is 6.32. The maximum Gasteiger partial charge on any atom is 0.0969 e. The monoisotopic (exact) mass is 302 g/mol. The molecule has 2 fully saturated rings. The topological polar surface area (TPSA) is 21.1 Å². The van der Waals surface area contributed by atoms with Gasteiger partial charge in [0.05, 0.1) is 31.7 Å². The van der Waals surface area contributed by atoms with Crippen LogP contribution in [0.15, 0.2) is 30.3 Å². The lowest BCUT2D eigenvalue weighted by molar-refractivity contribution is -0.914. The fraction of sp³-hybridized carbons (Fsp3) is 0.700. The summed E-state index contributed by atoms with van der Waals surface area (Å²) in [6.07, 6.45) is 13.0. The third kappa shape index (κ3) is 5.10. The van der Waals surface area contributed by atoms with Crippen molar-refractivity contribution in [1.82, 2.24) is 0 Å². The molecule has 1 saturated heterocycles. The molecule has 22 heavy (non-hydrogen) atoms. The van der Waals surface area contributed by atoms with E-state index in [1.807, 2.05) is 4.90 Å². The minimum atomic E-state index is 0.920. The van der Waals surface area contributed by atoms with Crippen molar-refractivity contribution in [3.8, 4) is 0 Å². The smallest absolute Gasteiger partial charge is 0.0969 e. The molecule has 3 rings (SSSR count). The first-order chi connectivity index (χ1) is 10.9. The summed E-state index contributed by atoms with van der Waals surface area (Å²) < 4.78 is 0. The van der Waals surface area contributed by atoms with Gasteiger partial charge in [0.15, 0.2) is 0 Å². The molecule has 0 amide bonds. The Morgan fingerprint density at radius 1 is 0.818 bits per heavy atom. The molecule has 122 valence electrons. The number of nitrogens with one attached hydrogen (secondary N) is 1. The second-order valence-corrected chi connectivity index (χ2v) is 7.52. The van der Waals surface area contributed by atoms with E-state index in [-0.39, 0.29) is 0 Å². The Morgan fingerprint density at radius 2 is 1.45 bits per heavy atom. The average Bonchev–Trinajstić information content (AvgIpc) is 2.84. The molecular formula is C20H34N2+2. The van der Waals surface area contributed by atoms with Gasteiger partial charge < -0.3 is 10.2 Å². The van der Waals surface area contributed by atoms with Crippen LogP contribution >= 0.6 is 0 Å². The zero-order chi connectivity index (χ0) is 15.0. The highest BCUT2D eigenvalue weighted by Gasteiger charge is 2.27. The molecule has 0 radical (unpaired) electrons. The van der Waals surface area contributed by atoms with Crippen LogP contribution in [0.5, 0.6) is 0 Å². The van der Waals surface area contributed by atoms with Crippen molar-refractivity contribution in [3.05, 3.63) is 35.9 Å². The Hall–Kier alpha value is -0.860. The van der Waals surface area contributed by atoms with Gasteiger partial charge in [-0.3, -0.25) is 0 Å². The van der Waals surface area contributed by atoms with Crippen LogP contribution in [-0.4, -0.2) is 31.7 Å². The van der Waals surface area contributed by atoms with E-state index in [0.717, 1.165) is 12.1 Å². The molecular weight excluding hydrogens is 268 g/mol. The van der Waals surface area contributed by atoms with E-state index in [1.54, 1.807) is 0 Å². The van der Waals surface area contributed by atoms with Gasteiger partial charge in [0.2, 0.25) is 0 Å². The van der Waals surface area contributed by atoms with Gasteiger partial charge in [0.25, 0.3) is 0 Å². The third-order valence-electron chi connectivity index (χ3n) is 5.79. The Bertz CT molecular complexity index is 401. The normalized spacial score (nSPS) is 27.5. The number of nitrogens with two attached hydrogens (primary N) is 1. The zero-order valence-corrected chi connectivity index (χ0v) is 14.1. The number of likely N-dealkylation sites (tertiary alicyclic amines) is 1. The number of benzene rings is 1. The SMILES string of the molecule is c1ccc(CC[NH+]2CCC([NH2+]C3CCCCCC3)CC2)cc1. The van der Waals surface area contributed by atoms with Gasteiger partial charge in [-0.25, -0.2) is 0 Å². The van der Waals surface area contributed by atoms with E-state index in [4.69, 9.17) is 0 Å². The lowest BCUT2D eigenvalue weighted by atomic mass is 10.0. The van der Waals surface area contributed by atoms with Gasteiger partial charge in [-0.15, -0.1) is 0 Å². The molecule has 2 heteroatoms. The highest BCUT2D eigenvalue weighted by molar-refractivity contribution is 5.14. The van der Waals surface area contributed by atoms with Crippen LogP contribution in [0, 0.1) is 0 Å². The number of piperidine rings is 1. The molecule has 0 bridgehead atoms. The lowest BCUT2D eigenvalue weighted by Gasteiger charge is -2.30. The van der Waals surface area contributed by atoms with Gasteiger partial charge in [-0.05, 0) is 31.2 Å². The predicted molar refractivity (Wildman–Crippen MR) is 92.1 cm³/mol. The summed E-state index contributed by atoms with van der Waals surface area (Å²) in [5.74, 6) is 0. The van der Waals surface area contributed by atoms with E-state index in [0.29, 0.717) is 0 Å². The molecule has 2 nitrogen and oxygen atoms in total. The fourth-order valence-corrected chi connectivity index (χ4v) is 4.34. The second-order valence-electron chi connectivity index (χ2n) is 7.52. The average molecular weight is 303 g/mol. The Labute approximate surface area is 136 Å². The predicted octanol–water partition coefficient (Wildman–Crippen LogP) is 1.56.